The highest BCUT2D eigenvalue weighted by Gasteiger charge is 2.38. The number of hydrogen-bond donors (Lipinski definition) is 2. The monoisotopic (exact) mass is 369 g/mol. The van der Waals surface area contributed by atoms with E-state index in [1.54, 1.807) is 17.0 Å². The molecule has 3 N–H and O–H groups in total. The summed E-state index contributed by atoms with van der Waals surface area (Å²) in [6.07, 6.45) is 4.82. The Labute approximate surface area is 153 Å². The van der Waals surface area contributed by atoms with Crippen molar-refractivity contribution in [3.63, 3.8) is 0 Å². The summed E-state index contributed by atoms with van der Waals surface area (Å²) in [5.74, 6) is -0.855. The van der Waals surface area contributed by atoms with Crippen molar-refractivity contribution >= 4 is 24.2 Å². The van der Waals surface area contributed by atoms with Crippen molar-refractivity contribution in [2.24, 2.45) is 5.73 Å². The summed E-state index contributed by atoms with van der Waals surface area (Å²) < 4.78 is 13.7. The number of piperidine rings is 1. The third-order valence-electron chi connectivity index (χ3n) is 5.17. The fraction of sp³-hybridized carbons (Fsp3) is 0.556. The Morgan fingerprint density at radius 2 is 1.76 bits per heavy atom. The van der Waals surface area contributed by atoms with Crippen molar-refractivity contribution in [3.05, 3.63) is 35.6 Å². The largest absolute Gasteiger partial charge is 0.352 e. The molecule has 2 amide bonds. The average molecular weight is 370 g/mol. The fourth-order valence-corrected chi connectivity index (χ4v) is 3.59. The summed E-state index contributed by atoms with van der Waals surface area (Å²) >= 11 is 0. The lowest BCUT2D eigenvalue weighted by Crippen LogP contribution is -2.56. The summed E-state index contributed by atoms with van der Waals surface area (Å²) in [4.78, 5) is 26.4. The number of likely N-dealkylation sites (tertiary alicyclic amines) is 1. The third-order valence-corrected chi connectivity index (χ3v) is 5.17. The summed E-state index contributed by atoms with van der Waals surface area (Å²) in [7, 11) is 0. The fourth-order valence-electron chi connectivity index (χ4n) is 3.59. The molecule has 0 aromatic heterocycles. The SMILES string of the molecule is Cl.NC1(C(=O)NC2CCN(C(=O)c3ccccc3F)CC2)CCCC1. The van der Waals surface area contributed by atoms with E-state index < -0.39 is 11.4 Å². The molecule has 0 atom stereocenters. The van der Waals surface area contributed by atoms with Crippen LogP contribution in [0.4, 0.5) is 4.39 Å². The lowest BCUT2D eigenvalue weighted by atomic mass is 9.96. The van der Waals surface area contributed by atoms with Crippen LogP contribution in [-0.4, -0.2) is 41.4 Å². The van der Waals surface area contributed by atoms with Crippen LogP contribution in [0.2, 0.25) is 0 Å². The molecule has 2 aliphatic rings. The van der Waals surface area contributed by atoms with E-state index in [0.29, 0.717) is 25.9 Å². The minimum atomic E-state index is -0.722. The Morgan fingerprint density at radius 1 is 1.16 bits per heavy atom. The molecular formula is C18H25ClFN3O2. The molecule has 25 heavy (non-hydrogen) atoms. The standard InChI is InChI=1S/C18H24FN3O2.ClH/c19-15-6-2-1-5-14(15)16(23)22-11-7-13(8-12-22)21-17(24)18(20)9-3-4-10-18;/h1-2,5-6,13H,3-4,7-12,20H2,(H,21,24);1H. The Bertz CT molecular complexity index is 627. The first kappa shape index (κ1) is 19.7. The summed E-state index contributed by atoms with van der Waals surface area (Å²) in [5, 5.41) is 3.04. The minimum Gasteiger partial charge on any atom is -0.352 e. The van der Waals surface area contributed by atoms with Gasteiger partial charge in [0.05, 0.1) is 11.1 Å². The molecule has 5 nitrogen and oxygen atoms in total. The van der Waals surface area contributed by atoms with Gasteiger partial charge in [-0.15, -0.1) is 12.4 Å². The predicted octanol–water partition coefficient (Wildman–Crippen LogP) is 2.24. The molecule has 7 heteroatoms. The van der Waals surface area contributed by atoms with E-state index in [9.17, 15) is 14.0 Å². The molecule has 0 unspecified atom stereocenters. The van der Waals surface area contributed by atoms with Crippen molar-refractivity contribution in [2.75, 3.05) is 13.1 Å². The van der Waals surface area contributed by atoms with Gasteiger partial charge in [-0.3, -0.25) is 9.59 Å². The van der Waals surface area contributed by atoms with Crippen molar-refractivity contribution in [3.8, 4) is 0 Å². The molecular weight excluding hydrogens is 345 g/mol. The number of carbonyl (C=O) groups is 2. The second-order valence-corrected chi connectivity index (χ2v) is 6.88. The van der Waals surface area contributed by atoms with Gasteiger partial charge in [-0.25, -0.2) is 4.39 Å². The number of halogens is 2. The van der Waals surface area contributed by atoms with E-state index in [1.807, 2.05) is 0 Å². The van der Waals surface area contributed by atoms with Gasteiger partial charge in [0.25, 0.3) is 5.91 Å². The maximum atomic E-state index is 13.7. The summed E-state index contributed by atoms with van der Waals surface area (Å²) in [5.41, 5.74) is 5.55. The predicted molar refractivity (Wildman–Crippen MR) is 96.1 cm³/mol. The number of rotatable bonds is 3. The van der Waals surface area contributed by atoms with Gasteiger partial charge in [-0.1, -0.05) is 25.0 Å². The molecule has 0 radical (unpaired) electrons. The van der Waals surface area contributed by atoms with Crippen LogP contribution in [0.3, 0.4) is 0 Å². The number of nitrogens with one attached hydrogen (secondary N) is 1. The molecule has 138 valence electrons. The average Bonchev–Trinajstić information content (AvgIpc) is 3.03. The van der Waals surface area contributed by atoms with E-state index >= 15 is 0 Å². The van der Waals surface area contributed by atoms with Crippen LogP contribution in [0.5, 0.6) is 0 Å². The normalized spacial score (nSPS) is 20.0. The van der Waals surface area contributed by atoms with Gasteiger partial charge in [0.1, 0.15) is 5.82 Å². The van der Waals surface area contributed by atoms with Crippen molar-refractivity contribution in [1.82, 2.24) is 10.2 Å². The third kappa shape index (κ3) is 4.30. The van der Waals surface area contributed by atoms with Crippen LogP contribution >= 0.6 is 12.4 Å². The topological polar surface area (TPSA) is 75.4 Å². The van der Waals surface area contributed by atoms with Crippen molar-refractivity contribution < 1.29 is 14.0 Å². The van der Waals surface area contributed by atoms with Crippen LogP contribution in [0.1, 0.15) is 48.9 Å². The Kier molecular flexibility index (Phi) is 6.41. The van der Waals surface area contributed by atoms with Gasteiger partial charge in [0.15, 0.2) is 0 Å². The highest BCUT2D eigenvalue weighted by atomic mass is 35.5. The van der Waals surface area contributed by atoms with Crippen molar-refractivity contribution in [2.45, 2.75) is 50.1 Å². The Morgan fingerprint density at radius 3 is 2.36 bits per heavy atom. The van der Waals surface area contributed by atoms with Gasteiger partial charge in [-0.2, -0.15) is 0 Å². The van der Waals surface area contributed by atoms with Gasteiger partial charge < -0.3 is 16.0 Å². The number of benzene rings is 1. The zero-order valence-electron chi connectivity index (χ0n) is 14.2. The first-order valence-electron chi connectivity index (χ1n) is 8.63. The van der Waals surface area contributed by atoms with Crippen LogP contribution in [0.15, 0.2) is 24.3 Å². The highest BCUT2D eigenvalue weighted by Crippen LogP contribution is 2.27. The van der Waals surface area contributed by atoms with E-state index in [4.69, 9.17) is 5.73 Å². The van der Waals surface area contributed by atoms with E-state index in [1.165, 1.54) is 12.1 Å². The van der Waals surface area contributed by atoms with E-state index in [2.05, 4.69) is 5.32 Å². The molecule has 1 aliphatic heterocycles. The Hall–Kier alpha value is -1.66. The first-order valence-corrected chi connectivity index (χ1v) is 8.63. The lowest BCUT2D eigenvalue weighted by Gasteiger charge is -2.34. The second-order valence-electron chi connectivity index (χ2n) is 6.88. The first-order chi connectivity index (χ1) is 11.5. The van der Waals surface area contributed by atoms with Crippen LogP contribution < -0.4 is 11.1 Å². The highest BCUT2D eigenvalue weighted by molar-refractivity contribution is 5.94. The molecule has 0 spiro atoms. The molecule has 1 aromatic carbocycles. The Balaban J connectivity index is 0.00000225. The van der Waals surface area contributed by atoms with Gasteiger partial charge >= 0.3 is 0 Å². The second kappa shape index (κ2) is 8.15. The van der Waals surface area contributed by atoms with Gasteiger partial charge in [0, 0.05) is 19.1 Å². The number of hydrogen-bond acceptors (Lipinski definition) is 3. The molecule has 1 aromatic rings. The zero-order chi connectivity index (χ0) is 17.2. The quantitative estimate of drug-likeness (QED) is 0.858. The smallest absolute Gasteiger partial charge is 0.256 e. The van der Waals surface area contributed by atoms with E-state index in [0.717, 1.165) is 25.7 Å². The van der Waals surface area contributed by atoms with Crippen LogP contribution in [0.25, 0.3) is 0 Å². The summed E-state index contributed by atoms with van der Waals surface area (Å²) in [6, 6.07) is 6.06. The van der Waals surface area contributed by atoms with E-state index in [-0.39, 0.29) is 35.8 Å². The number of amides is 2. The number of carbonyl (C=O) groups excluding carboxylic acids is 2. The summed E-state index contributed by atoms with van der Waals surface area (Å²) in [6.45, 7) is 1.02. The lowest BCUT2D eigenvalue weighted by molar-refractivity contribution is -0.127. The molecule has 0 bridgehead atoms. The number of nitrogens with zero attached hydrogens (tertiary/aromatic N) is 1. The van der Waals surface area contributed by atoms with Gasteiger partial charge in [0.2, 0.25) is 5.91 Å². The zero-order valence-corrected chi connectivity index (χ0v) is 15.0. The maximum Gasteiger partial charge on any atom is 0.256 e. The molecule has 1 aliphatic carbocycles. The molecule has 2 fully saturated rings. The molecule has 3 rings (SSSR count). The van der Waals surface area contributed by atoms with Crippen LogP contribution in [0, 0.1) is 5.82 Å². The minimum absolute atomic E-state index is 0. The molecule has 1 saturated heterocycles. The van der Waals surface area contributed by atoms with Crippen molar-refractivity contribution in [1.29, 1.82) is 0 Å². The van der Waals surface area contributed by atoms with Gasteiger partial charge in [-0.05, 0) is 37.8 Å². The molecule has 1 saturated carbocycles. The maximum absolute atomic E-state index is 13.7. The number of nitrogens with two attached hydrogens (primary N) is 1. The molecule has 1 heterocycles. The van der Waals surface area contributed by atoms with Crippen LogP contribution in [-0.2, 0) is 4.79 Å².